The van der Waals surface area contributed by atoms with Crippen molar-refractivity contribution >= 4 is 9.03 Å². The van der Waals surface area contributed by atoms with Gasteiger partial charge in [0.15, 0.2) is 0 Å². The molecule has 4 heteroatoms. The molecular weight excluding hydrogens is 185 g/mol. The fraction of sp³-hybridized carbons (Fsp3) is 0. The predicted octanol–water partition coefficient (Wildman–Crippen LogP) is 0.877. The maximum Gasteiger partial charge on any atom is 0 e. The van der Waals surface area contributed by atoms with Gasteiger partial charge in [-0.2, -0.15) is 0 Å². The number of rotatable bonds is 0. The second-order valence-corrected chi connectivity index (χ2v) is 0. The molecule has 0 aromatic rings. The summed E-state index contributed by atoms with van der Waals surface area (Å²) in [5.41, 5.74) is 0. The second kappa shape index (κ2) is 21.5. The third-order valence-electron chi connectivity index (χ3n) is 0. The van der Waals surface area contributed by atoms with Crippen LogP contribution in [0.5, 0.6) is 0 Å². The summed E-state index contributed by atoms with van der Waals surface area (Å²) in [5, 5.41) is 6.81. The van der Waals surface area contributed by atoms with Crippen LogP contribution in [-0.2, 0) is 51.3 Å². The average Bonchev–Trinajstić information content (AvgIpc) is 1.00. The van der Waals surface area contributed by atoms with Crippen LogP contribution in [0.15, 0.2) is 0 Å². The summed E-state index contributed by atoms with van der Waals surface area (Å²) >= 11 is 0. The van der Waals surface area contributed by atoms with Gasteiger partial charge >= 0.3 is 0 Å². The second-order valence-electron chi connectivity index (χ2n) is 0. The summed E-state index contributed by atoms with van der Waals surface area (Å²) < 4.78 is 0. The van der Waals surface area contributed by atoms with Crippen LogP contribution in [0.1, 0.15) is 0 Å². The molecule has 0 saturated carbocycles. The maximum absolute atomic E-state index is 6.81. The Hall–Kier alpha value is 1.79. The topological polar surface area (TPSA) is 22.3 Å². The van der Waals surface area contributed by atoms with Gasteiger partial charge in [0, 0.05) is 51.3 Å². The number of hydrogen-bond acceptors (Lipinski definition) is 0. The molecule has 0 aliphatic carbocycles. The van der Waals surface area contributed by atoms with Crippen molar-refractivity contribution in [2.45, 2.75) is 0 Å². The van der Waals surface area contributed by atoms with Crippen molar-refractivity contribution in [1.82, 2.24) is 0 Å². The maximum atomic E-state index is 6.81. The summed E-state index contributed by atoms with van der Waals surface area (Å²) in [7, 11) is 1.97. The van der Waals surface area contributed by atoms with Crippen LogP contribution in [0.3, 0.4) is 0 Å². The first-order chi connectivity index (χ1) is 1.00. The van der Waals surface area contributed by atoms with Crippen LogP contribution in [0.25, 0.3) is 5.16 Å². The first kappa shape index (κ1) is 17.1. The van der Waals surface area contributed by atoms with Crippen molar-refractivity contribution in [3.05, 3.63) is 5.16 Å². The Labute approximate surface area is 64.8 Å². The Balaban J connectivity index is -0.00000000500. The van der Waals surface area contributed by atoms with Gasteiger partial charge in [0.25, 0.3) is 0 Å². The zero-order chi connectivity index (χ0) is 2.00. The van der Waals surface area contributed by atoms with Gasteiger partial charge in [0.1, 0.15) is 0 Å². The van der Waals surface area contributed by atoms with E-state index in [-0.39, 0.29) is 51.3 Å². The van der Waals surface area contributed by atoms with E-state index in [0.29, 0.717) is 0 Å². The van der Waals surface area contributed by atoms with Gasteiger partial charge in [-0.1, -0.05) is 0 Å². The molecule has 0 N–H and O–H groups in total. The quantitative estimate of drug-likeness (QED) is 0.501. The Morgan fingerprint density at radius 3 is 1.25 bits per heavy atom. The predicted molar refractivity (Wildman–Crippen MR) is 11.7 cm³/mol. The third kappa shape index (κ3) is 9.21. The fourth-order valence-corrected chi connectivity index (χ4v) is 0. The minimum absolute atomic E-state index is 0. The van der Waals surface area contributed by atoms with E-state index in [4.69, 9.17) is 5.16 Å². The number of hydrogen-bond donors (Lipinski definition) is 0. The van der Waals surface area contributed by atoms with Crippen molar-refractivity contribution in [3.8, 4) is 0 Å². The Bertz CT molecular complexity index is 8.00. The zero-order valence-corrected chi connectivity index (χ0v) is 7.21. The van der Waals surface area contributed by atoms with E-state index in [9.17, 15) is 0 Å². The van der Waals surface area contributed by atoms with E-state index in [1.165, 1.54) is 0 Å². The minimum atomic E-state index is 0. The first-order valence-electron chi connectivity index (χ1n) is 0.224. The molecule has 0 saturated heterocycles. The van der Waals surface area contributed by atoms with Crippen molar-refractivity contribution in [1.29, 1.82) is 0 Å². The van der Waals surface area contributed by atoms with E-state index in [0.717, 1.165) is 0 Å². The largest absolute Gasteiger partial charge is 0.786 e. The van der Waals surface area contributed by atoms with Gasteiger partial charge in [-0.25, -0.2) is 0 Å². The monoisotopic (exact) mass is 186 g/mol. The Morgan fingerprint density at radius 1 is 1.25 bits per heavy atom. The van der Waals surface area contributed by atoms with Crippen LogP contribution in [0.4, 0.5) is 0 Å². The fourth-order valence-electron chi connectivity index (χ4n) is 0. The third-order valence-corrected chi connectivity index (χ3v) is 0. The molecule has 0 atom stereocenters. The summed E-state index contributed by atoms with van der Waals surface area (Å²) in [6.45, 7) is 0. The van der Waals surface area contributed by atoms with Crippen LogP contribution < -0.4 is 0 Å². The van der Waals surface area contributed by atoms with Gasteiger partial charge in [-0.15, -0.1) is 0 Å². The zero-order valence-electron chi connectivity index (χ0n) is 1.97. The van der Waals surface area contributed by atoms with Crippen molar-refractivity contribution in [2.24, 2.45) is 0 Å². The smallest absolute Gasteiger partial charge is 0 e. The molecule has 0 fully saturated rings. The minimum Gasteiger partial charge on any atom is -0.786 e. The molecular formula is HNPVY-. The normalized spacial score (nSPS) is 1.00. The van der Waals surface area contributed by atoms with Crippen molar-refractivity contribution < 1.29 is 51.3 Å². The molecule has 0 rings (SSSR count). The van der Waals surface area contributed by atoms with Crippen LogP contribution in [0, 0.1) is 0 Å². The molecule has 0 amide bonds. The summed E-state index contributed by atoms with van der Waals surface area (Å²) in [6, 6.07) is 0. The molecule has 0 aromatic carbocycles. The van der Waals surface area contributed by atoms with Crippen molar-refractivity contribution in [3.63, 3.8) is 0 Å². The van der Waals surface area contributed by atoms with E-state index >= 15 is 0 Å². The van der Waals surface area contributed by atoms with E-state index in [1.807, 2.05) is 9.03 Å². The first-order valence-corrected chi connectivity index (χ1v) is 0.671. The van der Waals surface area contributed by atoms with E-state index in [1.54, 1.807) is 0 Å². The van der Waals surface area contributed by atoms with Gasteiger partial charge in [0.2, 0.25) is 0 Å². The molecule has 0 aliphatic rings. The molecule has 0 aliphatic heterocycles. The molecule has 4 heavy (non-hydrogen) atoms. The number of nitrogens with zero attached hydrogens (tertiary/aromatic N) is 1. The van der Waals surface area contributed by atoms with Crippen LogP contribution in [0.2, 0.25) is 0 Å². The molecule has 20 valence electrons. The molecule has 2 radical (unpaired) electrons. The summed E-state index contributed by atoms with van der Waals surface area (Å²) in [4.78, 5) is 0. The van der Waals surface area contributed by atoms with Gasteiger partial charge in [-0.05, 0) is 0 Å². The molecule has 0 spiro atoms. The van der Waals surface area contributed by atoms with E-state index in [2.05, 4.69) is 0 Å². The van der Waals surface area contributed by atoms with Crippen LogP contribution in [-0.4, -0.2) is 0 Å². The summed E-state index contributed by atoms with van der Waals surface area (Å²) in [6.07, 6.45) is 0. The van der Waals surface area contributed by atoms with Gasteiger partial charge in [0.05, 0.1) is 0 Å². The Kier molecular flexibility index (Phi) is 91.7. The SMILES string of the molecule is [N-]=P.[V].[Y]. The van der Waals surface area contributed by atoms with Gasteiger partial charge in [-0.3, -0.25) is 9.03 Å². The summed E-state index contributed by atoms with van der Waals surface area (Å²) in [5.74, 6) is 0. The molecule has 1 nitrogen and oxygen atoms in total. The average molecular weight is 186 g/mol. The van der Waals surface area contributed by atoms with Crippen LogP contribution >= 0.6 is 9.03 Å². The van der Waals surface area contributed by atoms with E-state index < -0.39 is 0 Å². The molecule has 0 unspecified atom stereocenters. The van der Waals surface area contributed by atoms with Gasteiger partial charge < -0.3 is 5.16 Å². The standard InChI is InChI=1S/HNP.V.Y/c1-2;;/h2H;;/q-1;;. The molecule has 0 heterocycles. The molecule has 0 bridgehead atoms. The molecule has 0 aromatic heterocycles. The van der Waals surface area contributed by atoms with Crippen molar-refractivity contribution in [2.75, 3.05) is 0 Å². The Morgan fingerprint density at radius 2 is 1.25 bits per heavy atom.